The molecule has 3 atom stereocenters. The summed E-state index contributed by atoms with van der Waals surface area (Å²) in [7, 11) is 0. The fourth-order valence-electron chi connectivity index (χ4n) is 4.65. The van der Waals surface area contributed by atoms with Crippen LogP contribution in [0.15, 0.2) is 24.3 Å². The summed E-state index contributed by atoms with van der Waals surface area (Å²) in [6, 6.07) is -0.824. The second kappa shape index (κ2) is 27.9. The molecule has 1 amide bonds. The van der Waals surface area contributed by atoms with Crippen molar-refractivity contribution in [2.24, 2.45) is 0 Å². The van der Waals surface area contributed by atoms with E-state index < -0.39 is 18.2 Å². The van der Waals surface area contributed by atoms with Crippen LogP contribution in [0.5, 0.6) is 0 Å². The lowest BCUT2D eigenvalue weighted by molar-refractivity contribution is -0.124. The van der Waals surface area contributed by atoms with Gasteiger partial charge in [0.1, 0.15) is 6.10 Å². The van der Waals surface area contributed by atoms with Gasteiger partial charge in [-0.25, -0.2) is 0 Å². The Labute approximate surface area is 229 Å². The van der Waals surface area contributed by atoms with E-state index in [-0.39, 0.29) is 12.5 Å². The zero-order valence-electron chi connectivity index (χ0n) is 24.3. The van der Waals surface area contributed by atoms with Crippen molar-refractivity contribution >= 4 is 5.91 Å². The summed E-state index contributed by atoms with van der Waals surface area (Å²) < 4.78 is 0. The lowest BCUT2D eigenvalue weighted by Gasteiger charge is -2.26. The van der Waals surface area contributed by atoms with Crippen molar-refractivity contribution in [2.45, 2.75) is 167 Å². The van der Waals surface area contributed by atoms with Gasteiger partial charge in [0.15, 0.2) is 0 Å². The molecule has 0 aliphatic rings. The molecule has 0 aliphatic heterocycles. The summed E-state index contributed by atoms with van der Waals surface area (Å²) in [6.45, 7) is 3.90. The average Bonchev–Trinajstić information content (AvgIpc) is 2.90. The van der Waals surface area contributed by atoms with Crippen LogP contribution >= 0.6 is 0 Å². The molecular weight excluding hydrogens is 462 g/mol. The minimum Gasteiger partial charge on any atom is -0.394 e. The number of amides is 1. The van der Waals surface area contributed by atoms with E-state index in [0.717, 1.165) is 44.9 Å². The first-order chi connectivity index (χ1) is 18.1. The highest BCUT2D eigenvalue weighted by Gasteiger charge is 2.26. The summed E-state index contributed by atoms with van der Waals surface area (Å²) in [5.41, 5.74) is 0. The standard InChI is InChI=1S/C32H61NO4/c1-3-5-7-9-11-13-14-15-16-17-18-19-21-23-25-27-31(36)33-29(28-34)32(37)30(35)26-24-22-20-12-10-8-6-4-2/h4,6,12,20,29-30,32,34-35,37H,3,5,7-11,13-19,21-28H2,1-2H3,(H,33,36)/b6-4+,20-12+. The van der Waals surface area contributed by atoms with Crippen molar-refractivity contribution in [1.82, 2.24) is 5.32 Å². The number of allylic oxidation sites excluding steroid dienone is 4. The van der Waals surface area contributed by atoms with Gasteiger partial charge in [-0.05, 0) is 45.4 Å². The highest BCUT2D eigenvalue weighted by atomic mass is 16.3. The van der Waals surface area contributed by atoms with E-state index in [1.54, 1.807) is 0 Å². The van der Waals surface area contributed by atoms with Crippen LogP contribution < -0.4 is 5.32 Å². The second-order valence-electron chi connectivity index (χ2n) is 10.7. The van der Waals surface area contributed by atoms with Crippen LogP contribution in [0.2, 0.25) is 0 Å². The summed E-state index contributed by atoms with van der Waals surface area (Å²) in [5, 5.41) is 33.0. The highest BCUT2D eigenvalue weighted by Crippen LogP contribution is 2.14. The number of carbonyl (C=O) groups is 1. The van der Waals surface area contributed by atoms with Gasteiger partial charge in [0.05, 0.1) is 18.8 Å². The molecule has 0 saturated carbocycles. The Kier molecular flexibility index (Phi) is 27.0. The molecule has 0 heterocycles. The number of aliphatic hydroxyl groups excluding tert-OH is 3. The number of carbonyl (C=O) groups excluding carboxylic acids is 1. The van der Waals surface area contributed by atoms with Crippen molar-refractivity contribution < 1.29 is 20.1 Å². The molecular formula is C32H61NO4. The Morgan fingerprint density at radius 2 is 1.19 bits per heavy atom. The maximum atomic E-state index is 12.3. The molecule has 0 aromatic rings. The molecule has 0 saturated heterocycles. The van der Waals surface area contributed by atoms with Gasteiger partial charge in [0, 0.05) is 6.42 Å². The highest BCUT2D eigenvalue weighted by molar-refractivity contribution is 5.76. The quantitative estimate of drug-likeness (QED) is 0.0661. The van der Waals surface area contributed by atoms with Gasteiger partial charge in [-0.1, -0.05) is 121 Å². The van der Waals surface area contributed by atoms with Crippen molar-refractivity contribution in [3.8, 4) is 0 Å². The fourth-order valence-corrected chi connectivity index (χ4v) is 4.65. The van der Waals surface area contributed by atoms with Crippen LogP contribution in [0.25, 0.3) is 0 Å². The van der Waals surface area contributed by atoms with E-state index in [4.69, 9.17) is 0 Å². The number of hydrogen-bond donors (Lipinski definition) is 4. The zero-order valence-corrected chi connectivity index (χ0v) is 24.3. The monoisotopic (exact) mass is 523 g/mol. The number of unbranched alkanes of at least 4 members (excludes halogenated alkanes) is 16. The van der Waals surface area contributed by atoms with Gasteiger partial charge in [-0.3, -0.25) is 4.79 Å². The Morgan fingerprint density at radius 1 is 0.703 bits per heavy atom. The Bertz CT molecular complexity index is 549. The van der Waals surface area contributed by atoms with Gasteiger partial charge in [0.2, 0.25) is 5.91 Å². The van der Waals surface area contributed by atoms with Crippen molar-refractivity contribution in [1.29, 1.82) is 0 Å². The van der Waals surface area contributed by atoms with E-state index in [0.29, 0.717) is 12.8 Å². The third-order valence-electron chi connectivity index (χ3n) is 7.13. The van der Waals surface area contributed by atoms with Crippen LogP contribution in [0, 0.1) is 0 Å². The van der Waals surface area contributed by atoms with Gasteiger partial charge in [-0.15, -0.1) is 0 Å². The summed E-state index contributed by atoms with van der Waals surface area (Å²) >= 11 is 0. The molecule has 0 bridgehead atoms. The maximum absolute atomic E-state index is 12.3. The van der Waals surface area contributed by atoms with Crippen LogP contribution in [-0.4, -0.2) is 46.1 Å². The molecule has 0 rings (SSSR count). The van der Waals surface area contributed by atoms with E-state index in [9.17, 15) is 20.1 Å². The number of aliphatic hydroxyl groups is 3. The summed E-state index contributed by atoms with van der Waals surface area (Å²) in [5.74, 6) is -0.163. The molecule has 0 aliphatic carbocycles. The largest absolute Gasteiger partial charge is 0.394 e. The molecule has 5 heteroatoms. The van der Waals surface area contributed by atoms with Gasteiger partial charge >= 0.3 is 0 Å². The Hall–Kier alpha value is -1.17. The fraction of sp³-hybridized carbons (Fsp3) is 0.844. The Morgan fingerprint density at radius 3 is 1.70 bits per heavy atom. The third kappa shape index (κ3) is 23.7. The minimum atomic E-state index is -1.16. The number of nitrogens with one attached hydrogen (secondary N) is 1. The van der Waals surface area contributed by atoms with Crippen LogP contribution in [0.1, 0.15) is 149 Å². The van der Waals surface area contributed by atoms with Crippen LogP contribution in [0.4, 0.5) is 0 Å². The van der Waals surface area contributed by atoms with E-state index >= 15 is 0 Å². The molecule has 4 N–H and O–H groups in total. The first kappa shape index (κ1) is 35.8. The van der Waals surface area contributed by atoms with Crippen molar-refractivity contribution in [3.05, 3.63) is 24.3 Å². The first-order valence-corrected chi connectivity index (χ1v) is 15.6. The molecule has 3 unspecified atom stereocenters. The van der Waals surface area contributed by atoms with Crippen LogP contribution in [-0.2, 0) is 4.79 Å². The van der Waals surface area contributed by atoms with Crippen LogP contribution in [0.3, 0.4) is 0 Å². The molecule has 5 nitrogen and oxygen atoms in total. The predicted molar refractivity (Wildman–Crippen MR) is 158 cm³/mol. The minimum absolute atomic E-state index is 0.163. The molecule has 0 aromatic heterocycles. The molecule has 0 radical (unpaired) electrons. The topological polar surface area (TPSA) is 89.8 Å². The van der Waals surface area contributed by atoms with E-state index in [1.165, 1.54) is 77.0 Å². The Balaban J connectivity index is 3.73. The first-order valence-electron chi connectivity index (χ1n) is 15.6. The predicted octanol–water partition coefficient (Wildman–Crippen LogP) is 7.53. The summed E-state index contributed by atoms with van der Waals surface area (Å²) in [4.78, 5) is 12.3. The average molecular weight is 524 g/mol. The number of rotatable bonds is 27. The zero-order chi connectivity index (χ0) is 27.4. The number of hydrogen-bond acceptors (Lipinski definition) is 4. The second-order valence-corrected chi connectivity index (χ2v) is 10.7. The van der Waals surface area contributed by atoms with Gasteiger partial charge in [0.25, 0.3) is 0 Å². The molecule has 218 valence electrons. The maximum Gasteiger partial charge on any atom is 0.220 e. The third-order valence-corrected chi connectivity index (χ3v) is 7.13. The summed E-state index contributed by atoms with van der Waals surface area (Å²) in [6.07, 6.45) is 30.0. The van der Waals surface area contributed by atoms with Gasteiger partial charge < -0.3 is 20.6 Å². The normalized spacial score (nSPS) is 14.4. The van der Waals surface area contributed by atoms with Crippen molar-refractivity contribution in [3.63, 3.8) is 0 Å². The van der Waals surface area contributed by atoms with Crippen molar-refractivity contribution in [2.75, 3.05) is 6.61 Å². The molecule has 37 heavy (non-hydrogen) atoms. The lowest BCUT2D eigenvalue weighted by Crippen LogP contribution is -2.50. The lowest BCUT2D eigenvalue weighted by atomic mass is 10.0. The smallest absolute Gasteiger partial charge is 0.220 e. The van der Waals surface area contributed by atoms with E-state index in [1.807, 2.05) is 13.0 Å². The SMILES string of the molecule is C/C=C/CC/C=C/CCCC(O)C(O)C(CO)NC(=O)CCCCCCCCCCCCCCCCC. The molecule has 0 spiro atoms. The molecule has 0 fully saturated rings. The van der Waals surface area contributed by atoms with Gasteiger partial charge in [-0.2, -0.15) is 0 Å². The van der Waals surface area contributed by atoms with E-state index in [2.05, 4.69) is 30.5 Å². The molecule has 0 aromatic carbocycles.